The van der Waals surface area contributed by atoms with Crippen LogP contribution in [-0.2, 0) is 9.59 Å². The first kappa shape index (κ1) is 11.4. The molecule has 2 fully saturated rings. The molecule has 1 unspecified atom stereocenters. The molecule has 90 valence electrons. The van der Waals surface area contributed by atoms with E-state index in [2.05, 4.69) is 5.32 Å². The molecule has 4 nitrogen and oxygen atoms in total. The van der Waals surface area contributed by atoms with Crippen molar-refractivity contribution in [2.45, 2.75) is 58.2 Å². The van der Waals surface area contributed by atoms with Crippen LogP contribution in [-0.4, -0.2) is 34.3 Å². The average Bonchev–Trinajstić information content (AvgIpc) is 2.92. The van der Waals surface area contributed by atoms with E-state index in [1.54, 1.807) is 13.8 Å². The van der Waals surface area contributed by atoms with Gasteiger partial charge in [0.15, 0.2) is 0 Å². The molecule has 2 aliphatic rings. The maximum absolute atomic E-state index is 12.3. The molecule has 2 amide bonds. The highest BCUT2D eigenvalue weighted by Gasteiger charge is 2.51. The van der Waals surface area contributed by atoms with Crippen LogP contribution in [0.5, 0.6) is 0 Å². The van der Waals surface area contributed by atoms with Gasteiger partial charge < -0.3 is 10.2 Å². The summed E-state index contributed by atoms with van der Waals surface area (Å²) in [6.07, 6.45) is 2.08. The van der Waals surface area contributed by atoms with Gasteiger partial charge in [0, 0.05) is 6.04 Å². The number of hydrogen-bond acceptors (Lipinski definition) is 2. The number of amides is 2. The molecule has 1 saturated carbocycles. The number of piperazine rings is 1. The minimum atomic E-state index is -0.745. The predicted molar refractivity (Wildman–Crippen MR) is 60.7 cm³/mol. The lowest BCUT2D eigenvalue weighted by Gasteiger charge is -2.44. The summed E-state index contributed by atoms with van der Waals surface area (Å²) in [4.78, 5) is 26.2. The van der Waals surface area contributed by atoms with E-state index < -0.39 is 5.54 Å². The average molecular weight is 224 g/mol. The van der Waals surface area contributed by atoms with Crippen molar-refractivity contribution in [3.05, 3.63) is 0 Å². The van der Waals surface area contributed by atoms with Gasteiger partial charge in [-0.25, -0.2) is 0 Å². The molecule has 1 saturated heterocycles. The lowest BCUT2D eigenvalue weighted by Crippen LogP contribution is -2.69. The van der Waals surface area contributed by atoms with Gasteiger partial charge in [-0.15, -0.1) is 0 Å². The standard InChI is InChI=1S/C12H20N2O2/c1-7(2)9-10(15)13-12(3,4)11(16)14(9)8-5-6-8/h7-9H,5-6H2,1-4H3,(H,13,15). The van der Waals surface area contributed by atoms with E-state index >= 15 is 0 Å². The minimum absolute atomic E-state index is 0.00787. The van der Waals surface area contributed by atoms with Crippen molar-refractivity contribution < 1.29 is 9.59 Å². The van der Waals surface area contributed by atoms with Gasteiger partial charge in [-0.05, 0) is 32.6 Å². The molecule has 0 aromatic rings. The normalized spacial score (nSPS) is 29.6. The molecule has 0 spiro atoms. The second kappa shape index (κ2) is 3.47. The largest absolute Gasteiger partial charge is 0.340 e. The van der Waals surface area contributed by atoms with Crippen molar-refractivity contribution in [3.63, 3.8) is 0 Å². The Morgan fingerprint density at radius 1 is 1.31 bits per heavy atom. The van der Waals surface area contributed by atoms with E-state index in [-0.39, 0.29) is 23.8 Å². The van der Waals surface area contributed by atoms with Gasteiger partial charge in [-0.1, -0.05) is 13.8 Å². The molecule has 4 heteroatoms. The van der Waals surface area contributed by atoms with Crippen LogP contribution in [0.15, 0.2) is 0 Å². The first-order valence-corrected chi connectivity index (χ1v) is 5.99. The predicted octanol–water partition coefficient (Wildman–Crippen LogP) is 0.910. The van der Waals surface area contributed by atoms with Crippen molar-refractivity contribution >= 4 is 11.8 Å². The smallest absolute Gasteiger partial charge is 0.248 e. The highest BCUT2D eigenvalue weighted by Crippen LogP contribution is 2.34. The Kier molecular flexibility index (Phi) is 2.48. The van der Waals surface area contributed by atoms with Crippen molar-refractivity contribution in [2.24, 2.45) is 5.92 Å². The lowest BCUT2D eigenvalue weighted by atomic mass is 9.91. The zero-order chi connectivity index (χ0) is 12.1. The SMILES string of the molecule is CC(C)C1C(=O)NC(C)(C)C(=O)N1C1CC1. The van der Waals surface area contributed by atoms with Crippen LogP contribution >= 0.6 is 0 Å². The van der Waals surface area contributed by atoms with Crippen molar-refractivity contribution in [1.29, 1.82) is 0 Å². The summed E-state index contributed by atoms with van der Waals surface area (Å²) in [6, 6.07) is 0.0123. The van der Waals surface area contributed by atoms with E-state index in [0.717, 1.165) is 12.8 Å². The van der Waals surface area contributed by atoms with Crippen molar-refractivity contribution in [2.75, 3.05) is 0 Å². The number of nitrogens with zero attached hydrogens (tertiary/aromatic N) is 1. The van der Waals surface area contributed by atoms with E-state index in [4.69, 9.17) is 0 Å². The molecule has 0 radical (unpaired) electrons. The van der Waals surface area contributed by atoms with Gasteiger partial charge in [0.2, 0.25) is 11.8 Å². The maximum atomic E-state index is 12.3. The summed E-state index contributed by atoms with van der Waals surface area (Å²) in [5, 5.41) is 2.82. The molecular weight excluding hydrogens is 204 g/mol. The molecule has 1 atom stereocenters. The van der Waals surface area contributed by atoms with Crippen LogP contribution in [0.2, 0.25) is 0 Å². The highest BCUT2D eigenvalue weighted by atomic mass is 16.2. The van der Waals surface area contributed by atoms with Gasteiger partial charge in [0.05, 0.1) is 0 Å². The Balaban J connectivity index is 2.32. The van der Waals surface area contributed by atoms with Crippen LogP contribution in [0, 0.1) is 5.92 Å². The van der Waals surface area contributed by atoms with Gasteiger partial charge in [-0.2, -0.15) is 0 Å². The second-order valence-electron chi connectivity index (χ2n) is 5.75. The molecule has 16 heavy (non-hydrogen) atoms. The Labute approximate surface area is 96.4 Å². The number of hydrogen-bond donors (Lipinski definition) is 1. The van der Waals surface area contributed by atoms with Crippen LogP contribution < -0.4 is 5.32 Å². The molecule has 1 aliphatic carbocycles. The fraction of sp³-hybridized carbons (Fsp3) is 0.833. The van der Waals surface area contributed by atoms with Crippen LogP contribution in [0.1, 0.15) is 40.5 Å². The van der Waals surface area contributed by atoms with Crippen molar-refractivity contribution in [1.82, 2.24) is 10.2 Å². The Morgan fingerprint density at radius 2 is 1.88 bits per heavy atom. The third kappa shape index (κ3) is 1.70. The van der Waals surface area contributed by atoms with Gasteiger partial charge >= 0.3 is 0 Å². The summed E-state index contributed by atoms with van der Waals surface area (Å²) in [7, 11) is 0. The molecule has 1 N–H and O–H groups in total. The topological polar surface area (TPSA) is 49.4 Å². The monoisotopic (exact) mass is 224 g/mol. The van der Waals surface area contributed by atoms with Gasteiger partial charge in [0.25, 0.3) is 0 Å². The number of rotatable bonds is 2. The van der Waals surface area contributed by atoms with Gasteiger partial charge in [-0.3, -0.25) is 9.59 Å². The second-order valence-corrected chi connectivity index (χ2v) is 5.75. The molecular formula is C12H20N2O2. The highest BCUT2D eigenvalue weighted by molar-refractivity contribution is 5.99. The zero-order valence-corrected chi connectivity index (χ0v) is 10.4. The summed E-state index contributed by atoms with van der Waals surface area (Å²) in [6.45, 7) is 7.54. The molecule has 0 aromatic heterocycles. The van der Waals surface area contributed by atoms with E-state index in [1.807, 2.05) is 18.7 Å². The first-order chi connectivity index (χ1) is 7.34. The number of nitrogens with one attached hydrogen (secondary N) is 1. The third-order valence-electron chi connectivity index (χ3n) is 3.34. The van der Waals surface area contributed by atoms with Crippen molar-refractivity contribution in [3.8, 4) is 0 Å². The quantitative estimate of drug-likeness (QED) is 0.758. The molecule has 1 heterocycles. The maximum Gasteiger partial charge on any atom is 0.248 e. The van der Waals surface area contributed by atoms with Gasteiger partial charge in [0.1, 0.15) is 11.6 Å². The third-order valence-corrected chi connectivity index (χ3v) is 3.34. The summed E-state index contributed by atoms with van der Waals surface area (Å²) in [5.74, 6) is 0.223. The van der Waals surface area contributed by atoms with E-state index in [9.17, 15) is 9.59 Å². The van der Waals surface area contributed by atoms with Crippen LogP contribution in [0.25, 0.3) is 0 Å². The van der Waals surface area contributed by atoms with Crippen LogP contribution in [0.4, 0.5) is 0 Å². The minimum Gasteiger partial charge on any atom is -0.340 e. The first-order valence-electron chi connectivity index (χ1n) is 5.99. The molecule has 2 rings (SSSR count). The molecule has 1 aliphatic heterocycles. The molecule has 0 aromatic carbocycles. The van der Waals surface area contributed by atoms with E-state index in [1.165, 1.54) is 0 Å². The lowest BCUT2D eigenvalue weighted by molar-refractivity contribution is -0.156. The summed E-state index contributed by atoms with van der Waals surface area (Å²) < 4.78 is 0. The Hall–Kier alpha value is -1.06. The number of carbonyl (C=O) groups is 2. The Morgan fingerprint density at radius 3 is 2.31 bits per heavy atom. The summed E-state index contributed by atoms with van der Waals surface area (Å²) in [5.41, 5.74) is -0.745. The fourth-order valence-electron chi connectivity index (χ4n) is 2.38. The number of carbonyl (C=O) groups excluding carboxylic acids is 2. The Bertz CT molecular complexity index is 332. The summed E-state index contributed by atoms with van der Waals surface area (Å²) >= 11 is 0. The fourth-order valence-corrected chi connectivity index (χ4v) is 2.38. The zero-order valence-electron chi connectivity index (χ0n) is 10.4. The van der Waals surface area contributed by atoms with Crippen LogP contribution in [0.3, 0.4) is 0 Å². The molecule has 0 bridgehead atoms. The van der Waals surface area contributed by atoms with E-state index in [0.29, 0.717) is 6.04 Å².